The van der Waals surface area contributed by atoms with Crippen molar-refractivity contribution in [1.29, 1.82) is 0 Å². The molecule has 3 atom stereocenters. The van der Waals surface area contributed by atoms with E-state index in [0.29, 0.717) is 22.4 Å². The number of hydrogen-bond donors (Lipinski definition) is 2. The van der Waals surface area contributed by atoms with E-state index in [1.807, 2.05) is 0 Å². The number of ether oxygens (including phenoxy) is 1. The molecule has 0 saturated heterocycles. The van der Waals surface area contributed by atoms with E-state index in [0.717, 1.165) is 6.26 Å². The fourth-order valence-corrected chi connectivity index (χ4v) is 5.39. The largest absolute Gasteiger partial charge is 0.497 e. The van der Waals surface area contributed by atoms with Crippen molar-refractivity contribution in [3.63, 3.8) is 0 Å². The van der Waals surface area contributed by atoms with E-state index in [1.54, 1.807) is 63.4 Å². The Morgan fingerprint density at radius 1 is 1.10 bits per heavy atom. The zero-order chi connectivity index (χ0) is 30.1. The summed E-state index contributed by atoms with van der Waals surface area (Å²) in [5.74, 6) is -2.10. The van der Waals surface area contributed by atoms with Crippen LogP contribution in [0.3, 0.4) is 0 Å². The topological polar surface area (TPSA) is 155 Å². The van der Waals surface area contributed by atoms with Crippen LogP contribution in [0.15, 0.2) is 57.7 Å². The Bertz CT molecular complexity index is 1670. The Balaban J connectivity index is 1.90. The van der Waals surface area contributed by atoms with Crippen LogP contribution in [-0.2, 0) is 30.8 Å². The van der Waals surface area contributed by atoms with E-state index in [9.17, 15) is 27.6 Å². The van der Waals surface area contributed by atoms with Gasteiger partial charge in [0.2, 0.25) is 11.8 Å². The molecule has 0 spiro atoms. The fraction of sp³-hybridized carbons (Fsp3) is 0.357. The summed E-state index contributed by atoms with van der Waals surface area (Å²) < 4.78 is 34.8. The van der Waals surface area contributed by atoms with Crippen LogP contribution < -0.4 is 30.8 Å². The Hall–Kier alpha value is -4.23. The van der Waals surface area contributed by atoms with E-state index in [4.69, 9.17) is 9.15 Å². The predicted octanol–water partition coefficient (Wildman–Crippen LogP) is 1.21. The van der Waals surface area contributed by atoms with Gasteiger partial charge in [0, 0.05) is 23.8 Å². The van der Waals surface area contributed by atoms with E-state index in [-0.39, 0.29) is 17.8 Å². The number of carbonyl (C=O) groups is 3. The lowest BCUT2D eigenvalue weighted by atomic mass is 10.1. The molecule has 1 aliphatic heterocycles. The van der Waals surface area contributed by atoms with Gasteiger partial charge in [-0.05, 0) is 50.7 Å². The van der Waals surface area contributed by atoms with Gasteiger partial charge < -0.3 is 29.6 Å². The van der Waals surface area contributed by atoms with Crippen LogP contribution in [0.1, 0.15) is 19.4 Å². The lowest BCUT2D eigenvalue weighted by molar-refractivity contribution is -0.129. The van der Waals surface area contributed by atoms with E-state index in [2.05, 4.69) is 10.6 Å². The number of methoxy groups -OCH3 is 1. The maximum Gasteiger partial charge on any atom is 0.336 e. The van der Waals surface area contributed by atoms with Crippen LogP contribution in [0.25, 0.3) is 11.0 Å². The first-order valence-corrected chi connectivity index (χ1v) is 14.9. The highest BCUT2D eigenvalue weighted by Crippen LogP contribution is 2.37. The number of nitrogens with zero attached hydrogens (tertiary/aromatic N) is 2. The Kier molecular flexibility index (Phi) is 8.50. The van der Waals surface area contributed by atoms with Crippen LogP contribution in [0.5, 0.6) is 5.75 Å². The molecule has 3 amide bonds. The van der Waals surface area contributed by atoms with Gasteiger partial charge in [-0.25, -0.2) is 13.2 Å². The van der Waals surface area contributed by atoms with E-state index >= 15 is 0 Å². The van der Waals surface area contributed by atoms with E-state index < -0.39 is 57.1 Å². The van der Waals surface area contributed by atoms with Crippen LogP contribution in [0.4, 0.5) is 11.4 Å². The molecular formula is C28H32N4O8S. The number of sulfone groups is 1. The summed E-state index contributed by atoms with van der Waals surface area (Å²) in [6.07, 6.45) is 0.950. The number of nitrogens with one attached hydrogen (secondary N) is 2. The van der Waals surface area contributed by atoms with Gasteiger partial charge in [0.1, 0.15) is 23.1 Å². The first kappa shape index (κ1) is 29.7. The monoisotopic (exact) mass is 584 g/mol. The molecule has 1 unspecified atom stereocenters. The van der Waals surface area contributed by atoms with Gasteiger partial charge in [0.15, 0.2) is 9.84 Å². The molecule has 41 heavy (non-hydrogen) atoms. The summed E-state index contributed by atoms with van der Waals surface area (Å²) >= 11 is 0. The summed E-state index contributed by atoms with van der Waals surface area (Å²) in [5.41, 5.74) is 0.670. The fourth-order valence-electron chi connectivity index (χ4n) is 4.81. The smallest absolute Gasteiger partial charge is 0.336 e. The standard InChI is InChI=1S/C28H32N4O8S/c1-16(29-3)27(35)30-26-17(2)32(24(33)15-41(5,37)38)22-9-7-6-8-21(22)31(28(26)36)14-18-12-25(34)40-23-13-19(39-4)10-11-20(18)23/h6-13,16-17,26,29H,14-15H2,1-5H3,(H,30,35)/t16?,17-,26-/m0/s1. The SMILES string of the molecule is CNC(C)C(=O)N[C@@H]1C(=O)N(Cc2cc(=O)oc3cc(OC)ccc23)c2ccccc2N(C(=O)CS(C)(=O)=O)[C@H]1C. The normalized spacial score (nSPS) is 18.0. The van der Waals surface area contributed by atoms with Gasteiger partial charge in [0.25, 0.3) is 5.91 Å². The number of anilines is 2. The Labute approximate surface area is 237 Å². The lowest BCUT2D eigenvalue weighted by Crippen LogP contribution is -2.60. The highest BCUT2D eigenvalue weighted by Gasteiger charge is 2.42. The van der Waals surface area contributed by atoms with Gasteiger partial charge in [0.05, 0.1) is 37.1 Å². The molecule has 12 nitrogen and oxygen atoms in total. The van der Waals surface area contributed by atoms with Crippen LogP contribution >= 0.6 is 0 Å². The van der Waals surface area contributed by atoms with Crippen molar-refractivity contribution < 1.29 is 32.0 Å². The highest BCUT2D eigenvalue weighted by molar-refractivity contribution is 7.91. The number of para-hydroxylation sites is 2. The van der Waals surface area contributed by atoms with Crippen molar-refractivity contribution in [2.45, 2.75) is 38.5 Å². The summed E-state index contributed by atoms with van der Waals surface area (Å²) in [4.78, 5) is 55.8. The number of carbonyl (C=O) groups excluding carboxylic acids is 3. The van der Waals surface area contributed by atoms with Crippen LogP contribution in [0, 0.1) is 0 Å². The first-order valence-electron chi connectivity index (χ1n) is 12.8. The van der Waals surface area contributed by atoms with Crippen molar-refractivity contribution >= 4 is 49.9 Å². The van der Waals surface area contributed by atoms with Gasteiger partial charge >= 0.3 is 5.63 Å². The second-order valence-electron chi connectivity index (χ2n) is 9.94. The summed E-state index contributed by atoms with van der Waals surface area (Å²) in [6.45, 7) is 3.08. The maximum absolute atomic E-state index is 14.3. The highest BCUT2D eigenvalue weighted by atomic mass is 32.2. The summed E-state index contributed by atoms with van der Waals surface area (Å²) in [6, 6.07) is 9.94. The number of amides is 3. The number of rotatable bonds is 8. The molecule has 218 valence electrons. The quantitative estimate of drug-likeness (QED) is 0.372. The zero-order valence-corrected chi connectivity index (χ0v) is 24.2. The predicted molar refractivity (Wildman–Crippen MR) is 154 cm³/mol. The molecule has 3 aromatic rings. The van der Waals surface area contributed by atoms with Crippen LogP contribution in [0.2, 0.25) is 0 Å². The third kappa shape index (κ3) is 6.25. The summed E-state index contributed by atoms with van der Waals surface area (Å²) in [5, 5.41) is 6.11. The number of hydrogen-bond acceptors (Lipinski definition) is 9. The molecule has 0 fully saturated rings. The van der Waals surface area contributed by atoms with Crippen molar-refractivity contribution in [1.82, 2.24) is 10.6 Å². The number of fused-ring (bicyclic) bond motifs is 2. The molecular weight excluding hydrogens is 552 g/mol. The van der Waals surface area contributed by atoms with Crippen molar-refractivity contribution in [2.75, 3.05) is 36.0 Å². The number of likely N-dealkylation sites (N-methyl/N-ethyl adjacent to an activating group) is 1. The second-order valence-corrected chi connectivity index (χ2v) is 12.1. The van der Waals surface area contributed by atoms with E-state index in [1.165, 1.54) is 23.0 Å². The lowest BCUT2D eigenvalue weighted by Gasteiger charge is -2.32. The average molecular weight is 585 g/mol. The minimum absolute atomic E-state index is 0.112. The van der Waals surface area contributed by atoms with Crippen molar-refractivity contribution in [2.24, 2.45) is 0 Å². The third-order valence-electron chi connectivity index (χ3n) is 7.00. The average Bonchev–Trinajstić information content (AvgIpc) is 2.99. The molecule has 0 aliphatic carbocycles. The van der Waals surface area contributed by atoms with Crippen molar-refractivity contribution in [3.05, 3.63) is 64.5 Å². The molecule has 1 aromatic heterocycles. The minimum atomic E-state index is -3.72. The van der Waals surface area contributed by atoms with Gasteiger partial charge in [-0.1, -0.05) is 12.1 Å². The molecule has 4 rings (SSSR count). The maximum atomic E-state index is 14.3. The molecule has 1 aliphatic rings. The zero-order valence-electron chi connectivity index (χ0n) is 23.3. The summed E-state index contributed by atoms with van der Waals surface area (Å²) in [7, 11) is -0.647. The Morgan fingerprint density at radius 2 is 1.78 bits per heavy atom. The number of benzene rings is 2. The van der Waals surface area contributed by atoms with Gasteiger partial charge in [-0.15, -0.1) is 0 Å². The molecule has 0 radical (unpaired) electrons. The molecule has 13 heteroatoms. The van der Waals surface area contributed by atoms with Gasteiger partial charge in [-0.2, -0.15) is 0 Å². The van der Waals surface area contributed by atoms with Gasteiger partial charge in [-0.3, -0.25) is 14.4 Å². The van der Waals surface area contributed by atoms with Crippen molar-refractivity contribution in [3.8, 4) is 5.75 Å². The molecule has 2 heterocycles. The molecule has 2 N–H and O–H groups in total. The van der Waals surface area contributed by atoms with Crippen LogP contribution in [-0.4, -0.2) is 70.4 Å². The Morgan fingerprint density at radius 3 is 2.41 bits per heavy atom. The molecule has 2 aromatic carbocycles. The second kappa shape index (κ2) is 11.7. The minimum Gasteiger partial charge on any atom is -0.497 e. The first-order chi connectivity index (χ1) is 19.3. The third-order valence-corrected chi connectivity index (χ3v) is 7.77. The molecule has 0 bridgehead atoms. The molecule has 0 saturated carbocycles.